The van der Waals surface area contributed by atoms with Crippen LogP contribution < -0.4 is 0 Å². The summed E-state index contributed by atoms with van der Waals surface area (Å²) < 4.78 is 4.95. The fourth-order valence-corrected chi connectivity index (χ4v) is 9.72. The van der Waals surface area contributed by atoms with Crippen molar-refractivity contribution in [3.8, 4) is 44.9 Å². The maximum Gasteiger partial charge on any atom is 0.0711 e. The van der Waals surface area contributed by atoms with Crippen LogP contribution in [-0.2, 0) is 0 Å². The topological polar surface area (TPSA) is 22.8 Å². The van der Waals surface area contributed by atoms with Crippen molar-refractivity contribution in [2.75, 3.05) is 0 Å². The first-order valence-corrected chi connectivity index (χ1v) is 21.4. The Labute approximate surface area is 356 Å². The summed E-state index contributed by atoms with van der Waals surface area (Å²) in [5, 5.41) is 4.99. The van der Waals surface area contributed by atoms with Crippen LogP contribution in [0.1, 0.15) is 42.5 Å². The van der Waals surface area contributed by atoms with Gasteiger partial charge in [0.15, 0.2) is 0 Å². The highest BCUT2D eigenvalue weighted by Crippen LogP contribution is 2.47. The highest BCUT2D eigenvalue weighted by Gasteiger charge is 2.28. The molecule has 0 aliphatic heterocycles. The van der Waals surface area contributed by atoms with E-state index in [9.17, 15) is 0 Å². The molecule has 292 valence electrons. The number of aryl methyl sites for hydroxylation is 1. The van der Waals surface area contributed by atoms with Crippen LogP contribution in [0.25, 0.3) is 88.5 Å². The number of aromatic nitrogens is 3. The van der Waals surface area contributed by atoms with E-state index in [2.05, 4.69) is 236 Å². The van der Waals surface area contributed by atoms with Crippen LogP contribution >= 0.6 is 0 Å². The average molecular weight is 784 g/mol. The molecule has 0 aliphatic carbocycles. The van der Waals surface area contributed by atoms with E-state index in [1.807, 2.05) is 0 Å². The molecule has 0 N–H and O–H groups in total. The highest BCUT2D eigenvalue weighted by atomic mass is 15.0. The van der Waals surface area contributed by atoms with Gasteiger partial charge in [-0.2, -0.15) is 0 Å². The standard InChI is InChI=1S/C58H45N3/c1-38-19-13-14-26-46(38)49-32-33-50-51-37-45(60-54-29-17-15-27-47(54)48-28-16-18-30-55(48)60)31-34-56(51)61(44-24-11-6-12-25-44)58(50)57(49)40(3)39(2)52-35-43(41-20-7-4-8-21-41)36-53(59-52)42-22-9-5-10-23-42/h4-37,39-40H,1-3H3. The average Bonchev–Trinajstić information content (AvgIpc) is 3.84. The third-order valence-electron chi connectivity index (χ3n) is 12.9. The molecule has 0 aliphatic rings. The molecule has 0 spiro atoms. The van der Waals surface area contributed by atoms with Crippen molar-refractivity contribution in [3.63, 3.8) is 0 Å². The quantitative estimate of drug-likeness (QED) is 0.150. The number of para-hydroxylation sites is 3. The van der Waals surface area contributed by atoms with Crippen LogP contribution in [0.15, 0.2) is 206 Å². The van der Waals surface area contributed by atoms with Crippen molar-refractivity contribution in [2.45, 2.75) is 32.6 Å². The Kier molecular flexibility index (Phi) is 8.97. The Hall–Kier alpha value is -7.49. The van der Waals surface area contributed by atoms with E-state index in [-0.39, 0.29) is 11.8 Å². The second kappa shape index (κ2) is 15.0. The highest BCUT2D eigenvalue weighted by molar-refractivity contribution is 6.14. The molecule has 2 atom stereocenters. The maximum absolute atomic E-state index is 5.48. The van der Waals surface area contributed by atoms with Gasteiger partial charge in [0.05, 0.1) is 27.8 Å². The summed E-state index contributed by atoms with van der Waals surface area (Å²) in [5.74, 6) is 0.138. The van der Waals surface area contributed by atoms with Crippen LogP contribution in [0.5, 0.6) is 0 Å². The summed E-state index contributed by atoms with van der Waals surface area (Å²) in [7, 11) is 0. The Morgan fingerprint density at radius 3 is 1.67 bits per heavy atom. The van der Waals surface area contributed by atoms with Gasteiger partial charge in [-0.3, -0.25) is 4.98 Å². The second-order valence-corrected chi connectivity index (χ2v) is 16.5. The minimum absolute atomic E-state index is 0.0647. The van der Waals surface area contributed by atoms with Gasteiger partial charge in [0.25, 0.3) is 0 Å². The molecule has 2 unspecified atom stereocenters. The summed E-state index contributed by atoms with van der Waals surface area (Å²) in [5.41, 5.74) is 17.8. The van der Waals surface area contributed by atoms with Crippen LogP contribution in [0, 0.1) is 6.92 Å². The molecule has 11 rings (SSSR count). The summed E-state index contributed by atoms with van der Waals surface area (Å²) in [6.07, 6.45) is 0. The lowest BCUT2D eigenvalue weighted by Gasteiger charge is -2.26. The van der Waals surface area contributed by atoms with Gasteiger partial charge in [-0.15, -0.1) is 0 Å². The molecule has 0 saturated carbocycles. The number of benzene rings is 8. The number of pyridine rings is 1. The number of hydrogen-bond acceptors (Lipinski definition) is 1. The zero-order chi connectivity index (χ0) is 41.0. The molecular weight excluding hydrogens is 739 g/mol. The predicted octanol–water partition coefficient (Wildman–Crippen LogP) is 15.5. The van der Waals surface area contributed by atoms with Crippen molar-refractivity contribution in [3.05, 3.63) is 223 Å². The lowest BCUT2D eigenvalue weighted by Crippen LogP contribution is -2.11. The zero-order valence-corrected chi connectivity index (χ0v) is 34.6. The van der Waals surface area contributed by atoms with Crippen molar-refractivity contribution in [1.82, 2.24) is 14.1 Å². The smallest absolute Gasteiger partial charge is 0.0711 e. The summed E-state index contributed by atoms with van der Waals surface area (Å²) in [6.45, 7) is 7.02. The fraction of sp³-hybridized carbons (Fsp3) is 0.0862. The first kappa shape index (κ1) is 36.6. The molecule has 0 radical (unpaired) electrons. The second-order valence-electron chi connectivity index (χ2n) is 16.5. The first-order valence-electron chi connectivity index (χ1n) is 21.4. The van der Waals surface area contributed by atoms with Gasteiger partial charge in [-0.1, -0.05) is 166 Å². The molecule has 0 bridgehead atoms. The molecule has 11 aromatic rings. The monoisotopic (exact) mass is 783 g/mol. The van der Waals surface area contributed by atoms with E-state index < -0.39 is 0 Å². The maximum atomic E-state index is 5.48. The summed E-state index contributed by atoms with van der Waals surface area (Å²) in [6, 6.07) is 75.0. The summed E-state index contributed by atoms with van der Waals surface area (Å²) in [4.78, 5) is 5.48. The van der Waals surface area contributed by atoms with Crippen LogP contribution in [0.4, 0.5) is 0 Å². The molecule has 61 heavy (non-hydrogen) atoms. The molecule has 3 heterocycles. The van der Waals surface area contributed by atoms with Crippen LogP contribution in [-0.4, -0.2) is 14.1 Å². The minimum atomic E-state index is 0.0647. The van der Waals surface area contributed by atoms with E-state index in [0.717, 1.165) is 28.3 Å². The van der Waals surface area contributed by atoms with Gasteiger partial charge in [0, 0.05) is 50.1 Å². The number of nitrogens with zero attached hydrogens (tertiary/aromatic N) is 3. The molecule has 0 amide bonds. The largest absolute Gasteiger partial charge is 0.309 e. The van der Waals surface area contributed by atoms with E-state index >= 15 is 0 Å². The molecule has 3 heteroatoms. The van der Waals surface area contributed by atoms with E-state index in [4.69, 9.17) is 4.98 Å². The van der Waals surface area contributed by atoms with E-state index in [1.165, 1.54) is 77.0 Å². The zero-order valence-electron chi connectivity index (χ0n) is 34.6. The summed E-state index contributed by atoms with van der Waals surface area (Å²) >= 11 is 0. The van der Waals surface area contributed by atoms with Gasteiger partial charge in [0.2, 0.25) is 0 Å². The van der Waals surface area contributed by atoms with Crippen molar-refractivity contribution < 1.29 is 0 Å². The molecule has 0 saturated heterocycles. The molecule has 3 aromatic heterocycles. The Balaban J connectivity index is 1.19. The lowest BCUT2D eigenvalue weighted by molar-refractivity contribution is 0.612. The van der Waals surface area contributed by atoms with Gasteiger partial charge in [-0.25, -0.2) is 0 Å². The number of rotatable bonds is 8. The Morgan fingerprint density at radius 2 is 0.984 bits per heavy atom. The SMILES string of the molecule is Cc1ccccc1-c1ccc2c3cc(-n4c5ccccc5c5ccccc54)ccc3n(-c3ccccc3)c2c1C(C)C(C)c1cc(-c2ccccc2)cc(-c2ccccc2)n1. The number of fused-ring (bicyclic) bond motifs is 6. The van der Waals surface area contributed by atoms with Crippen molar-refractivity contribution in [1.29, 1.82) is 0 Å². The normalized spacial score (nSPS) is 12.7. The van der Waals surface area contributed by atoms with Crippen molar-refractivity contribution >= 4 is 43.6 Å². The van der Waals surface area contributed by atoms with Gasteiger partial charge >= 0.3 is 0 Å². The first-order chi connectivity index (χ1) is 30.0. The van der Waals surface area contributed by atoms with E-state index in [0.29, 0.717) is 0 Å². The van der Waals surface area contributed by atoms with Gasteiger partial charge in [-0.05, 0) is 101 Å². The lowest BCUT2D eigenvalue weighted by atomic mass is 9.80. The molecule has 0 fully saturated rings. The Morgan fingerprint density at radius 1 is 0.393 bits per heavy atom. The minimum Gasteiger partial charge on any atom is -0.309 e. The molecule has 3 nitrogen and oxygen atoms in total. The number of hydrogen-bond donors (Lipinski definition) is 0. The van der Waals surface area contributed by atoms with Gasteiger partial charge in [0.1, 0.15) is 0 Å². The fourth-order valence-electron chi connectivity index (χ4n) is 9.72. The Bertz CT molecular complexity index is 3280. The third kappa shape index (κ3) is 6.16. The van der Waals surface area contributed by atoms with Crippen LogP contribution in [0.2, 0.25) is 0 Å². The molecule has 8 aromatic carbocycles. The third-order valence-corrected chi connectivity index (χ3v) is 12.9. The van der Waals surface area contributed by atoms with E-state index in [1.54, 1.807) is 0 Å². The predicted molar refractivity (Wildman–Crippen MR) is 257 cm³/mol. The molecular formula is C58H45N3. The van der Waals surface area contributed by atoms with Crippen molar-refractivity contribution in [2.24, 2.45) is 0 Å². The van der Waals surface area contributed by atoms with Crippen LogP contribution in [0.3, 0.4) is 0 Å². The van der Waals surface area contributed by atoms with Gasteiger partial charge < -0.3 is 9.13 Å².